The van der Waals surface area contributed by atoms with Crippen LogP contribution in [-0.2, 0) is 17.7 Å². The molecule has 152 valence electrons. The number of nitrogens with one attached hydrogen (secondary N) is 2. The molecule has 2 aromatic heterocycles. The Morgan fingerprint density at radius 3 is 2.55 bits per heavy atom. The molecule has 4 aromatic rings. The van der Waals surface area contributed by atoms with Crippen LogP contribution < -0.4 is 10.6 Å². The van der Waals surface area contributed by atoms with Crippen molar-refractivity contribution in [2.45, 2.75) is 16.3 Å². The van der Waals surface area contributed by atoms with E-state index in [0.717, 1.165) is 22.2 Å². The molecule has 0 radical (unpaired) electrons. The lowest BCUT2D eigenvalue weighted by Gasteiger charge is -2.13. The Balaban J connectivity index is 1.45. The number of hydrogen-bond donors (Lipinski definition) is 2. The third-order valence-electron chi connectivity index (χ3n) is 4.50. The van der Waals surface area contributed by atoms with Gasteiger partial charge in [-0.05, 0) is 42.0 Å². The van der Waals surface area contributed by atoms with Crippen LogP contribution in [0.2, 0.25) is 0 Å². The van der Waals surface area contributed by atoms with E-state index in [2.05, 4.69) is 25.6 Å². The van der Waals surface area contributed by atoms with E-state index in [4.69, 9.17) is 5.26 Å². The number of pyridine rings is 2. The van der Waals surface area contributed by atoms with Crippen molar-refractivity contribution in [1.82, 2.24) is 15.3 Å². The van der Waals surface area contributed by atoms with Crippen LogP contribution in [-0.4, -0.2) is 20.5 Å². The molecule has 7 nitrogen and oxygen atoms in total. The van der Waals surface area contributed by atoms with Gasteiger partial charge in [-0.15, -0.1) is 4.99 Å². The lowest BCUT2D eigenvalue weighted by Crippen LogP contribution is -2.30. The van der Waals surface area contributed by atoms with Gasteiger partial charge in [0.1, 0.15) is 5.52 Å². The molecule has 0 amide bonds. The van der Waals surface area contributed by atoms with Crippen molar-refractivity contribution in [2.24, 2.45) is 4.99 Å². The predicted octanol–water partition coefficient (Wildman–Crippen LogP) is 3.84. The predicted molar refractivity (Wildman–Crippen MR) is 121 cm³/mol. The molecule has 0 bridgehead atoms. The number of nitriles is 1. The van der Waals surface area contributed by atoms with E-state index in [-0.39, 0.29) is 0 Å². The maximum atomic E-state index is 13.1. The number of rotatable bonds is 5. The molecule has 4 rings (SSSR count). The van der Waals surface area contributed by atoms with Crippen molar-refractivity contribution in [2.75, 3.05) is 5.32 Å². The van der Waals surface area contributed by atoms with Gasteiger partial charge in [-0.2, -0.15) is 5.26 Å². The van der Waals surface area contributed by atoms with Gasteiger partial charge in [-0.3, -0.25) is 9.97 Å². The molecule has 0 aliphatic heterocycles. The lowest BCUT2D eigenvalue weighted by atomic mass is 10.2. The maximum Gasteiger partial charge on any atom is 0.212 e. The molecule has 0 saturated carbocycles. The number of guanidine groups is 1. The monoisotopic (exact) mass is 426 g/mol. The lowest BCUT2D eigenvalue weighted by molar-refractivity contribution is 0.595. The second kappa shape index (κ2) is 9.71. The summed E-state index contributed by atoms with van der Waals surface area (Å²) < 4.78 is 13.1. The molecule has 2 aromatic carbocycles. The molecule has 0 spiro atoms. The summed E-state index contributed by atoms with van der Waals surface area (Å²) in [7, 11) is 0. The quantitative estimate of drug-likeness (QED) is 0.217. The van der Waals surface area contributed by atoms with E-state index < -0.39 is 11.2 Å². The standard InChI is InChI=1S/C23H18N6OS/c24-16-28-23(29-19-10-13-25-14-11-19)27-15-17-6-8-20(9-7-17)31(30)21-5-1-3-18-4-2-12-26-22(18)21/h1-14H,15H2,(H2,25,27,28,29). The minimum atomic E-state index is -1.34. The van der Waals surface area contributed by atoms with Crippen LogP contribution in [0.15, 0.2) is 100 Å². The SMILES string of the molecule is N#CN=C(NCc1ccc([S+]([O-])c2cccc3cccnc23)cc1)Nc1ccncc1. The Kier molecular flexibility index (Phi) is 6.38. The number of hydrogen-bond acceptors (Lipinski definition) is 5. The zero-order valence-corrected chi connectivity index (χ0v) is 17.2. The van der Waals surface area contributed by atoms with Gasteiger partial charge in [-0.1, -0.05) is 30.3 Å². The first-order valence-electron chi connectivity index (χ1n) is 9.47. The van der Waals surface area contributed by atoms with Gasteiger partial charge in [-0.25, -0.2) is 0 Å². The average molecular weight is 427 g/mol. The summed E-state index contributed by atoms with van der Waals surface area (Å²) in [5.74, 6) is 0.336. The van der Waals surface area contributed by atoms with Crippen molar-refractivity contribution >= 4 is 33.7 Å². The fourth-order valence-electron chi connectivity index (χ4n) is 3.00. The van der Waals surface area contributed by atoms with Crippen LogP contribution in [0, 0.1) is 11.5 Å². The van der Waals surface area contributed by atoms with Crippen LogP contribution in [0.4, 0.5) is 5.69 Å². The normalized spacial score (nSPS) is 12.2. The van der Waals surface area contributed by atoms with E-state index in [9.17, 15) is 4.55 Å². The summed E-state index contributed by atoms with van der Waals surface area (Å²) in [6.45, 7) is 0.446. The van der Waals surface area contributed by atoms with Crippen LogP contribution in [0.1, 0.15) is 5.56 Å². The third-order valence-corrected chi connectivity index (χ3v) is 5.93. The van der Waals surface area contributed by atoms with Crippen molar-refractivity contribution in [1.29, 1.82) is 5.26 Å². The number of aliphatic imine (C=N–C) groups is 1. The van der Waals surface area contributed by atoms with Crippen molar-refractivity contribution in [3.63, 3.8) is 0 Å². The second-order valence-corrected chi connectivity index (χ2v) is 7.97. The highest BCUT2D eigenvalue weighted by atomic mass is 32.2. The van der Waals surface area contributed by atoms with Gasteiger partial charge in [0.15, 0.2) is 9.79 Å². The first kappa shape index (κ1) is 20.3. The average Bonchev–Trinajstić information content (AvgIpc) is 2.83. The number of para-hydroxylation sites is 1. The molecule has 31 heavy (non-hydrogen) atoms. The second-order valence-electron chi connectivity index (χ2n) is 6.52. The molecule has 0 aliphatic carbocycles. The van der Waals surface area contributed by atoms with E-state index in [1.807, 2.05) is 54.6 Å². The van der Waals surface area contributed by atoms with E-state index in [0.29, 0.717) is 22.3 Å². The smallest absolute Gasteiger partial charge is 0.212 e. The topological polar surface area (TPSA) is 109 Å². The first-order chi connectivity index (χ1) is 15.2. The van der Waals surface area contributed by atoms with E-state index in [1.165, 1.54) is 0 Å². The zero-order chi connectivity index (χ0) is 21.5. The Morgan fingerprint density at radius 1 is 1.00 bits per heavy atom. The van der Waals surface area contributed by atoms with Gasteiger partial charge in [0, 0.05) is 47.4 Å². The summed E-state index contributed by atoms with van der Waals surface area (Å²) >= 11 is -1.34. The summed E-state index contributed by atoms with van der Waals surface area (Å²) in [5, 5.41) is 16.0. The zero-order valence-electron chi connectivity index (χ0n) is 16.4. The van der Waals surface area contributed by atoms with E-state index >= 15 is 0 Å². The summed E-state index contributed by atoms with van der Waals surface area (Å²) in [4.78, 5) is 13.5. The van der Waals surface area contributed by atoms with Gasteiger partial charge >= 0.3 is 0 Å². The highest BCUT2D eigenvalue weighted by molar-refractivity contribution is 7.91. The molecule has 1 unspecified atom stereocenters. The molecular weight excluding hydrogens is 408 g/mol. The summed E-state index contributed by atoms with van der Waals surface area (Å²) in [6.07, 6.45) is 6.79. The molecule has 0 aliphatic rings. The van der Waals surface area contributed by atoms with E-state index in [1.54, 1.807) is 36.9 Å². The van der Waals surface area contributed by atoms with Crippen molar-refractivity contribution in [3.05, 3.63) is 90.9 Å². The molecule has 8 heteroatoms. The van der Waals surface area contributed by atoms with Crippen LogP contribution in [0.25, 0.3) is 10.9 Å². The van der Waals surface area contributed by atoms with Gasteiger partial charge in [0.2, 0.25) is 12.2 Å². The summed E-state index contributed by atoms with van der Waals surface area (Å²) in [6, 6.07) is 20.5. The number of anilines is 1. The molecule has 1 atom stereocenters. The minimum absolute atomic E-state index is 0.336. The largest absolute Gasteiger partial charge is 0.606 e. The number of aromatic nitrogens is 2. The van der Waals surface area contributed by atoms with Crippen LogP contribution >= 0.6 is 0 Å². The number of fused-ring (bicyclic) bond motifs is 1. The molecule has 2 heterocycles. The molecule has 2 N–H and O–H groups in total. The first-order valence-corrected chi connectivity index (χ1v) is 10.6. The fraction of sp³-hybridized carbons (Fsp3) is 0.0435. The number of nitrogens with zero attached hydrogens (tertiary/aromatic N) is 4. The summed E-state index contributed by atoms with van der Waals surface area (Å²) in [5.41, 5.74) is 2.47. The highest BCUT2D eigenvalue weighted by Gasteiger charge is 2.18. The van der Waals surface area contributed by atoms with Crippen molar-refractivity contribution < 1.29 is 4.55 Å². The Labute approximate surface area is 182 Å². The minimum Gasteiger partial charge on any atom is -0.606 e. The van der Waals surface area contributed by atoms with Crippen LogP contribution in [0.3, 0.4) is 0 Å². The Bertz CT molecular complexity index is 1230. The maximum absolute atomic E-state index is 13.1. The van der Waals surface area contributed by atoms with Crippen molar-refractivity contribution in [3.8, 4) is 6.19 Å². The van der Waals surface area contributed by atoms with Gasteiger partial charge in [0.05, 0.1) is 0 Å². The third kappa shape index (κ3) is 4.98. The highest BCUT2D eigenvalue weighted by Crippen LogP contribution is 2.27. The number of benzene rings is 2. The van der Waals surface area contributed by atoms with Gasteiger partial charge in [0.25, 0.3) is 0 Å². The van der Waals surface area contributed by atoms with Crippen LogP contribution in [0.5, 0.6) is 0 Å². The Hall–Kier alpha value is -3.93. The molecule has 0 fully saturated rings. The fourth-order valence-corrected chi connectivity index (χ4v) is 4.19. The molecule has 0 saturated heterocycles. The Morgan fingerprint density at radius 2 is 1.77 bits per heavy atom. The molecular formula is C23H18N6OS. The van der Waals surface area contributed by atoms with Gasteiger partial charge < -0.3 is 15.2 Å².